The molecule has 0 saturated carbocycles. The van der Waals surface area contributed by atoms with Gasteiger partial charge in [-0.3, -0.25) is 4.57 Å². The minimum absolute atomic E-state index is 0.780. The number of aromatic nitrogens is 2. The third-order valence-electron chi connectivity index (χ3n) is 2.37. The van der Waals surface area contributed by atoms with Gasteiger partial charge in [0.25, 0.3) is 0 Å². The Morgan fingerprint density at radius 2 is 2.21 bits per heavy atom. The van der Waals surface area contributed by atoms with Crippen LogP contribution in [0.2, 0.25) is 0 Å². The molecule has 0 bridgehead atoms. The van der Waals surface area contributed by atoms with E-state index in [2.05, 4.69) is 42.9 Å². The van der Waals surface area contributed by atoms with Crippen molar-refractivity contribution >= 4 is 21.6 Å². The zero-order chi connectivity index (χ0) is 9.54. The van der Waals surface area contributed by atoms with Gasteiger partial charge in [-0.2, -0.15) is 0 Å². The summed E-state index contributed by atoms with van der Waals surface area (Å²) in [6.45, 7) is 0.780. The van der Waals surface area contributed by atoms with Crippen LogP contribution in [0.15, 0.2) is 35.1 Å². The average Bonchev–Trinajstić information content (AvgIpc) is 2.61. The van der Waals surface area contributed by atoms with Gasteiger partial charge < -0.3 is 5.32 Å². The molecule has 0 atom stereocenters. The molecule has 0 amide bonds. The van der Waals surface area contributed by atoms with E-state index in [0.717, 1.165) is 28.3 Å². The maximum Gasteiger partial charge on any atom is 0.133 e. The van der Waals surface area contributed by atoms with Gasteiger partial charge in [0.05, 0.1) is 24.1 Å². The van der Waals surface area contributed by atoms with Crippen molar-refractivity contribution in [1.82, 2.24) is 9.55 Å². The Morgan fingerprint density at radius 3 is 3.14 bits per heavy atom. The Morgan fingerprint density at radius 1 is 1.36 bits per heavy atom. The van der Waals surface area contributed by atoms with Crippen molar-refractivity contribution in [3.8, 4) is 5.69 Å². The van der Waals surface area contributed by atoms with Gasteiger partial charge in [0, 0.05) is 0 Å². The Kier molecular flexibility index (Phi) is 1.64. The molecule has 70 valence electrons. The molecule has 0 aliphatic carbocycles. The summed E-state index contributed by atoms with van der Waals surface area (Å²) in [6.07, 6.45) is 1.83. The molecule has 1 aliphatic heterocycles. The van der Waals surface area contributed by atoms with E-state index in [-0.39, 0.29) is 0 Å². The van der Waals surface area contributed by atoms with Crippen LogP contribution in [0.25, 0.3) is 5.69 Å². The molecule has 0 fully saturated rings. The Labute approximate surface area is 89.9 Å². The number of para-hydroxylation sites is 2. The van der Waals surface area contributed by atoms with Gasteiger partial charge in [-0.1, -0.05) is 12.1 Å². The third kappa shape index (κ3) is 1.00. The van der Waals surface area contributed by atoms with E-state index >= 15 is 0 Å². The predicted octanol–water partition coefficient (Wildman–Crippen LogP) is 2.56. The number of benzene rings is 1. The molecule has 2 heterocycles. The normalized spacial score (nSPS) is 12.9. The lowest BCUT2D eigenvalue weighted by atomic mass is 10.2. The molecule has 2 aromatic rings. The highest BCUT2D eigenvalue weighted by atomic mass is 79.9. The molecular weight excluding hydrogens is 242 g/mol. The summed E-state index contributed by atoms with van der Waals surface area (Å²) in [4.78, 5) is 4.31. The van der Waals surface area contributed by atoms with Crippen molar-refractivity contribution < 1.29 is 0 Å². The van der Waals surface area contributed by atoms with E-state index in [1.54, 1.807) is 0 Å². The second-order valence-corrected chi connectivity index (χ2v) is 4.02. The average molecular weight is 250 g/mol. The van der Waals surface area contributed by atoms with Crippen LogP contribution in [0.1, 0.15) is 5.82 Å². The number of nitrogens with zero attached hydrogens (tertiary/aromatic N) is 2. The van der Waals surface area contributed by atoms with Gasteiger partial charge in [-0.15, -0.1) is 0 Å². The van der Waals surface area contributed by atoms with Gasteiger partial charge in [0.15, 0.2) is 0 Å². The first kappa shape index (κ1) is 8.05. The molecule has 1 aromatic carbocycles. The second-order valence-electron chi connectivity index (χ2n) is 3.20. The first-order chi connectivity index (χ1) is 6.86. The quantitative estimate of drug-likeness (QED) is 0.778. The largest absolute Gasteiger partial charge is 0.376 e. The molecular formula is C10H8BrN3. The van der Waals surface area contributed by atoms with Crippen LogP contribution in [0.4, 0.5) is 5.69 Å². The van der Waals surface area contributed by atoms with Crippen molar-refractivity contribution in [2.75, 3.05) is 5.32 Å². The van der Waals surface area contributed by atoms with Gasteiger partial charge in [0.2, 0.25) is 0 Å². The summed E-state index contributed by atoms with van der Waals surface area (Å²) >= 11 is 3.49. The van der Waals surface area contributed by atoms with Crippen LogP contribution in [-0.2, 0) is 6.54 Å². The maximum atomic E-state index is 4.31. The van der Waals surface area contributed by atoms with Gasteiger partial charge in [-0.05, 0) is 28.1 Å². The zero-order valence-corrected chi connectivity index (χ0v) is 8.95. The van der Waals surface area contributed by atoms with Crippen LogP contribution >= 0.6 is 15.9 Å². The Balaban J connectivity index is 2.32. The SMILES string of the molecule is Brc1cnc2n1-c1ccccc1NC2. The fourth-order valence-corrected chi connectivity index (χ4v) is 2.24. The standard InChI is InChI=1S/C10H8BrN3/c11-9-5-13-10-6-12-7-3-1-2-4-8(7)14(9)10/h1-5,12H,6H2. The van der Waals surface area contributed by atoms with Gasteiger partial charge in [0.1, 0.15) is 10.4 Å². The fraction of sp³-hybridized carbons (Fsp3) is 0.100. The summed E-state index contributed by atoms with van der Waals surface area (Å²) in [5.74, 6) is 1.04. The summed E-state index contributed by atoms with van der Waals surface area (Å²) in [7, 11) is 0. The second kappa shape index (κ2) is 2.85. The van der Waals surface area contributed by atoms with Crippen LogP contribution in [0, 0.1) is 0 Å². The topological polar surface area (TPSA) is 29.9 Å². The van der Waals surface area contributed by atoms with Gasteiger partial charge in [-0.25, -0.2) is 4.98 Å². The van der Waals surface area contributed by atoms with E-state index < -0.39 is 0 Å². The molecule has 3 rings (SSSR count). The lowest BCUT2D eigenvalue weighted by Crippen LogP contribution is -2.15. The van der Waals surface area contributed by atoms with Crippen LogP contribution < -0.4 is 5.32 Å². The summed E-state index contributed by atoms with van der Waals surface area (Å²) in [5, 5.41) is 3.33. The maximum absolute atomic E-state index is 4.31. The fourth-order valence-electron chi connectivity index (χ4n) is 1.74. The van der Waals surface area contributed by atoms with Crippen LogP contribution in [0.5, 0.6) is 0 Å². The summed E-state index contributed by atoms with van der Waals surface area (Å²) in [6, 6.07) is 8.21. The molecule has 1 N–H and O–H groups in total. The third-order valence-corrected chi connectivity index (χ3v) is 2.93. The Hall–Kier alpha value is -1.29. The highest BCUT2D eigenvalue weighted by Gasteiger charge is 2.17. The van der Waals surface area contributed by atoms with Crippen LogP contribution in [-0.4, -0.2) is 9.55 Å². The van der Waals surface area contributed by atoms with Crippen molar-refractivity contribution in [1.29, 1.82) is 0 Å². The highest BCUT2D eigenvalue weighted by Crippen LogP contribution is 2.29. The highest BCUT2D eigenvalue weighted by molar-refractivity contribution is 9.10. The molecule has 14 heavy (non-hydrogen) atoms. The molecule has 3 nitrogen and oxygen atoms in total. The number of halogens is 1. The molecule has 0 radical (unpaired) electrons. The first-order valence-electron chi connectivity index (χ1n) is 4.41. The van der Waals surface area contributed by atoms with Crippen molar-refractivity contribution in [3.63, 3.8) is 0 Å². The van der Waals surface area contributed by atoms with E-state index in [1.165, 1.54) is 0 Å². The minimum Gasteiger partial charge on any atom is -0.376 e. The number of rotatable bonds is 0. The Bertz CT molecular complexity index is 490. The van der Waals surface area contributed by atoms with Crippen molar-refractivity contribution in [3.05, 3.63) is 40.9 Å². The zero-order valence-electron chi connectivity index (χ0n) is 7.37. The van der Waals surface area contributed by atoms with E-state index in [9.17, 15) is 0 Å². The number of hydrogen-bond acceptors (Lipinski definition) is 2. The van der Waals surface area contributed by atoms with E-state index in [1.807, 2.05) is 18.3 Å². The number of fused-ring (bicyclic) bond motifs is 3. The number of hydrogen-bond donors (Lipinski definition) is 1. The lowest BCUT2D eigenvalue weighted by Gasteiger charge is -2.20. The molecule has 0 saturated heterocycles. The van der Waals surface area contributed by atoms with Crippen molar-refractivity contribution in [2.24, 2.45) is 0 Å². The summed E-state index contributed by atoms with van der Waals surface area (Å²) < 4.78 is 3.12. The smallest absolute Gasteiger partial charge is 0.133 e. The predicted molar refractivity (Wildman–Crippen MR) is 58.6 cm³/mol. The molecule has 1 aromatic heterocycles. The van der Waals surface area contributed by atoms with Gasteiger partial charge >= 0.3 is 0 Å². The van der Waals surface area contributed by atoms with E-state index in [4.69, 9.17) is 0 Å². The minimum atomic E-state index is 0.780. The number of anilines is 1. The molecule has 1 aliphatic rings. The number of imidazole rings is 1. The molecule has 4 heteroatoms. The first-order valence-corrected chi connectivity index (χ1v) is 5.21. The van der Waals surface area contributed by atoms with E-state index in [0.29, 0.717) is 0 Å². The molecule has 0 unspecified atom stereocenters. The van der Waals surface area contributed by atoms with Crippen molar-refractivity contribution in [2.45, 2.75) is 6.54 Å². The summed E-state index contributed by atoms with van der Waals surface area (Å²) in [5.41, 5.74) is 2.30. The number of nitrogens with one attached hydrogen (secondary N) is 1. The monoisotopic (exact) mass is 249 g/mol. The molecule has 0 spiro atoms. The van der Waals surface area contributed by atoms with Crippen LogP contribution in [0.3, 0.4) is 0 Å². The lowest BCUT2D eigenvalue weighted by molar-refractivity contribution is 0.857.